The molecule has 1 amide bonds. The molecule has 0 radical (unpaired) electrons. The Balaban J connectivity index is 1.41. The van der Waals surface area contributed by atoms with Gasteiger partial charge in [0.2, 0.25) is 5.91 Å². The van der Waals surface area contributed by atoms with Crippen molar-refractivity contribution in [3.05, 3.63) is 59.2 Å². The molecule has 0 heterocycles. The van der Waals surface area contributed by atoms with Gasteiger partial charge in [-0.25, -0.2) is 0 Å². The van der Waals surface area contributed by atoms with Crippen LogP contribution in [0.3, 0.4) is 0 Å². The lowest BCUT2D eigenvalue weighted by molar-refractivity contribution is -0.118. The van der Waals surface area contributed by atoms with E-state index in [4.69, 9.17) is 16.3 Å². The molecule has 0 bridgehead atoms. The Morgan fingerprint density at radius 2 is 1.97 bits per heavy atom. The van der Waals surface area contributed by atoms with Crippen LogP contribution in [0, 0.1) is 17.3 Å². The van der Waals surface area contributed by atoms with Crippen LogP contribution in [-0.4, -0.2) is 41.3 Å². The summed E-state index contributed by atoms with van der Waals surface area (Å²) in [4.78, 5) is 11.3. The number of alkyl halides is 1. The summed E-state index contributed by atoms with van der Waals surface area (Å²) in [6.07, 6.45) is 4.82. The van der Waals surface area contributed by atoms with Crippen molar-refractivity contribution in [3.8, 4) is 11.5 Å². The van der Waals surface area contributed by atoms with Gasteiger partial charge in [0.05, 0.1) is 12.6 Å². The number of carbonyl (C=O) groups excluding carboxylic acids is 1. The molecule has 2 aromatic rings. The first kappa shape index (κ1) is 23.5. The molecule has 0 unspecified atom stereocenters. The minimum absolute atomic E-state index is 0.0462. The van der Waals surface area contributed by atoms with Crippen molar-refractivity contribution in [1.29, 1.82) is 0 Å². The zero-order valence-corrected chi connectivity index (χ0v) is 20.4. The molecule has 3 aliphatic carbocycles. The third kappa shape index (κ3) is 4.18. The number of aliphatic hydroxyl groups is 1. The topological polar surface area (TPSA) is 78.8 Å². The van der Waals surface area contributed by atoms with Crippen LogP contribution in [0.15, 0.2) is 42.5 Å². The van der Waals surface area contributed by atoms with E-state index in [0.29, 0.717) is 42.6 Å². The highest BCUT2D eigenvalue weighted by Crippen LogP contribution is 2.65. The number of hydrogen-bond acceptors (Lipinski definition) is 4. The largest absolute Gasteiger partial charge is 0.508 e. The minimum Gasteiger partial charge on any atom is -0.508 e. The monoisotopic (exact) mass is 483 g/mol. The van der Waals surface area contributed by atoms with Crippen LogP contribution in [0.25, 0.3) is 0 Å². The van der Waals surface area contributed by atoms with Crippen molar-refractivity contribution >= 4 is 17.5 Å². The number of halogens is 1. The number of carbonyl (C=O) groups is 1. The SMILES string of the molecule is C[C@]12C[C@H](c3ccc(OCCNC(=O)CCl)cc3)[C@@H]3c4ccc(O)cc4CC[C@H]3[C@@H]1CC[C@@H]2O. The number of hydrogen-bond donors (Lipinski definition) is 3. The van der Waals surface area contributed by atoms with Crippen LogP contribution in [0.5, 0.6) is 11.5 Å². The summed E-state index contributed by atoms with van der Waals surface area (Å²) in [5, 5.41) is 23.8. The van der Waals surface area contributed by atoms with E-state index < -0.39 is 0 Å². The average Bonchev–Trinajstić information content (AvgIpc) is 3.15. The number of aryl methyl sites for hydroxylation is 1. The highest BCUT2D eigenvalue weighted by Gasteiger charge is 2.57. The van der Waals surface area contributed by atoms with Crippen LogP contribution >= 0.6 is 11.6 Å². The first-order valence-electron chi connectivity index (χ1n) is 12.5. The molecule has 3 aliphatic rings. The van der Waals surface area contributed by atoms with Gasteiger partial charge in [0, 0.05) is 0 Å². The number of aromatic hydroxyl groups is 1. The van der Waals surface area contributed by atoms with Gasteiger partial charge in [0.1, 0.15) is 24.0 Å². The Bertz CT molecular complexity index is 1040. The third-order valence-corrected chi connectivity index (χ3v) is 9.03. The molecule has 6 atom stereocenters. The number of amides is 1. The Kier molecular flexibility index (Phi) is 6.51. The fraction of sp³-hybridized carbons (Fsp3) is 0.536. The van der Waals surface area contributed by atoms with E-state index in [1.165, 1.54) is 16.7 Å². The maximum absolute atomic E-state index is 11.3. The maximum Gasteiger partial charge on any atom is 0.235 e. The Labute approximate surface area is 206 Å². The number of benzene rings is 2. The molecule has 0 aliphatic heterocycles. The van der Waals surface area contributed by atoms with Crippen LogP contribution in [0.2, 0.25) is 0 Å². The van der Waals surface area contributed by atoms with Crippen molar-refractivity contribution in [1.82, 2.24) is 5.32 Å². The summed E-state index contributed by atoms with van der Waals surface area (Å²) in [5.74, 6) is 2.65. The van der Waals surface area contributed by atoms with Crippen molar-refractivity contribution in [2.24, 2.45) is 17.3 Å². The van der Waals surface area contributed by atoms with Crippen LogP contribution < -0.4 is 10.1 Å². The predicted molar refractivity (Wildman–Crippen MR) is 133 cm³/mol. The van der Waals surface area contributed by atoms with Gasteiger partial charge < -0.3 is 20.3 Å². The molecule has 2 fully saturated rings. The molecule has 182 valence electrons. The van der Waals surface area contributed by atoms with Gasteiger partial charge in [-0.3, -0.25) is 4.79 Å². The van der Waals surface area contributed by atoms with Gasteiger partial charge in [0.15, 0.2) is 0 Å². The van der Waals surface area contributed by atoms with E-state index >= 15 is 0 Å². The number of rotatable bonds is 6. The molecule has 5 rings (SSSR count). The van der Waals surface area contributed by atoms with Gasteiger partial charge in [-0.05, 0) is 102 Å². The second-order valence-electron chi connectivity index (χ2n) is 10.5. The van der Waals surface area contributed by atoms with E-state index in [1.807, 2.05) is 24.3 Å². The maximum atomic E-state index is 11.3. The molecule has 0 spiro atoms. The molecular weight excluding hydrogens is 450 g/mol. The third-order valence-electron chi connectivity index (χ3n) is 8.79. The highest BCUT2D eigenvalue weighted by atomic mass is 35.5. The first-order valence-corrected chi connectivity index (χ1v) is 13.0. The molecule has 34 heavy (non-hydrogen) atoms. The summed E-state index contributed by atoms with van der Waals surface area (Å²) in [5.41, 5.74) is 3.86. The number of ether oxygens (including phenoxy) is 1. The summed E-state index contributed by atoms with van der Waals surface area (Å²) in [7, 11) is 0. The standard InChI is InChI=1S/C28H34ClNO4/c1-28-15-23(17-2-6-20(7-3-17)34-13-12-30-26(33)16-29)27-21-9-5-19(31)14-18(21)4-8-22(27)24(28)10-11-25(28)32/h2-3,5-7,9,14,22-25,27,31-32H,4,8,10-13,15-16H2,1H3,(H,30,33)/t22-,23+,24-,25-,27+,28-/m0/s1. The van der Waals surface area contributed by atoms with Crippen molar-refractivity contribution in [3.63, 3.8) is 0 Å². The molecule has 0 aromatic heterocycles. The summed E-state index contributed by atoms with van der Waals surface area (Å²) in [6, 6.07) is 14.2. The Hall–Kier alpha value is -2.24. The summed E-state index contributed by atoms with van der Waals surface area (Å²) in [6.45, 7) is 3.11. The number of fused-ring (bicyclic) bond motifs is 5. The van der Waals surface area contributed by atoms with Crippen LogP contribution in [0.1, 0.15) is 61.1 Å². The number of phenols is 1. The lowest BCUT2D eigenvalue weighted by atomic mass is 9.51. The zero-order valence-electron chi connectivity index (χ0n) is 19.7. The Morgan fingerprint density at radius 3 is 2.74 bits per heavy atom. The number of aliphatic hydroxyl groups excluding tert-OH is 1. The van der Waals surface area contributed by atoms with E-state index in [1.54, 1.807) is 0 Å². The lowest BCUT2D eigenvalue weighted by Crippen LogP contribution is -2.47. The average molecular weight is 484 g/mol. The van der Waals surface area contributed by atoms with Gasteiger partial charge in [-0.1, -0.05) is 25.1 Å². The minimum atomic E-state index is -0.243. The van der Waals surface area contributed by atoms with Crippen molar-refractivity contribution < 1.29 is 19.7 Å². The molecule has 5 nitrogen and oxygen atoms in total. The fourth-order valence-electron chi connectivity index (χ4n) is 7.21. The molecule has 3 N–H and O–H groups in total. The smallest absolute Gasteiger partial charge is 0.235 e. The van der Waals surface area contributed by atoms with Gasteiger partial charge in [0.25, 0.3) is 0 Å². The molecule has 2 aromatic carbocycles. The van der Waals surface area contributed by atoms with Crippen molar-refractivity contribution in [2.45, 2.75) is 57.0 Å². The van der Waals surface area contributed by atoms with Crippen molar-refractivity contribution in [2.75, 3.05) is 19.0 Å². The molecule has 6 heteroatoms. The highest BCUT2D eigenvalue weighted by molar-refractivity contribution is 6.27. The second kappa shape index (κ2) is 9.43. The van der Waals surface area contributed by atoms with Crippen LogP contribution in [0.4, 0.5) is 0 Å². The summed E-state index contributed by atoms with van der Waals surface area (Å²) < 4.78 is 5.80. The van der Waals surface area contributed by atoms with E-state index in [2.05, 4.69) is 30.4 Å². The number of nitrogens with one attached hydrogen (secondary N) is 1. The second-order valence-corrected chi connectivity index (χ2v) is 10.8. The van der Waals surface area contributed by atoms with E-state index in [0.717, 1.165) is 37.9 Å². The number of phenolic OH excluding ortho intramolecular Hbond substituents is 1. The normalized spacial score (nSPS) is 31.8. The molecular formula is C28H34ClNO4. The quantitative estimate of drug-likeness (QED) is 0.409. The molecule has 0 saturated heterocycles. The Morgan fingerprint density at radius 1 is 1.18 bits per heavy atom. The van der Waals surface area contributed by atoms with E-state index in [9.17, 15) is 15.0 Å². The lowest BCUT2D eigenvalue weighted by Gasteiger charge is -2.54. The van der Waals surface area contributed by atoms with Crippen LogP contribution in [-0.2, 0) is 11.2 Å². The van der Waals surface area contributed by atoms with Gasteiger partial charge in [-0.2, -0.15) is 0 Å². The fourth-order valence-corrected chi connectivity index (χ4v) is 7.31. The summed E-state index contributed by atoms with van der Waals surface area (Å²) >= 11 is 5.50. The zero-order chi connectivity index (χ0) is 23.9. The van der Waals surface area contributed by atoms with Gasteiger partial charge in [-0.15, -0.1) is 11.6 Å². The predicted octanol–water partition coefficient (Wildman–Crippen LogP) is 4.74. The molecule has 2 saturated carbocycles. The van der Waals surface area contributed by atoms with Gasteiger partial charge >= 0.3 is 0 Å². The van der Waals surface area contributed by atoms with E-state index in [-0.39, 0.29) is 23.3 Å². The first-order chi connectivity index (χ1) is 16.4.